The molecule has 0 aromatic rings. The fraction of sp³-hybridized carbons (Fsp3) is 0.900. The largest absolute Gasteiger partial charge is 0.331 e. The van der Waals surface area contributed by atoms with Gasteiger partial charge in [0.2, 0.25) is 0 Å². The van der Waals surface area contributed by atoms with Crippen LogP contribution in [0.4, 0.5) is 0 Å². The van der Waals surface area contributed by atoms with Crippen LogP contribution in [0.1, 0.15) is 39.5 Å². The molecule has 0 aromatic heterocycles. The summed E-state index contributed by atoms with van der Waals surface area (Å²) in [4.78, 5) is 12.5. The maximum Gasteiger partial charge on any atom is 0.312 e. The zero-order valence-corrected chi connectivity index (χ0v) is 8.05. The number of hydrogen-bond acceptors (Lipinski definition) is 1. The Balaban J connectivity index is 2.57. The SMILES string of the molecule is CC(C)C1CCCCCN1[C]=O. The average Bonchev–Trinajstić information content (AvgIpc) is 2.27. The van der Waals surface area contributed by atoms with Crippen LogP contribution < -0.4 is 0 Å². The Labute approximate surface area is 74.9 Å². The highest BCUT2D eigenvalue weighted by Crippen LogP contribution is 2.20. The molecule has 0 aliphatic carbocycles. The lowest BCUT2D eigenvalue weighted by molar-refractivity contribution is 0.239. The van der Waals surface area contributed by atoms with Gasteiger partial charge in [0.05, 0.1) is 0 Å². The van der Waals surface area contributed by atoms with Gasteiger partial charge in [0.25, 0.3) is 0 Å². The van der Waals surface area contributed by atoms with Crippen molar-refractivity contribution in [1.82, 2.24) is 4.90 Å². The standard InChI is InChI=1S/C10H18NO/c1-9(2)10-6-4-3-5-7-11(10)8-12/h9-10H,3-7H2,1-2H3. The van der Waals surface area contributed by atoms with Crippen LogP contribution in [0, 0.1) is 5.92 Å². The molecule has 0 bridgehead atoms. The first-order chi connectivity index (χ1) is 5.75. The van der Waals surface area contributed by atoms with Gasteiger partial charge in [0.1, 0.15) is 0 Å². The fourth-order valence-corrected chi connectivity index (χ4v) is 1.94. The first kappa shape index (κ1) is 9.56. The molecule has 1 amide bonds. The minimum absolute atomic E-state index is 0.435. The van der Waals surface area contributed by atoms with E-state index in [0.29, 0.717) is 12.0 Å². The van der Waals surface area contributed by atoms with E-state index in [1.165, 1.54) is 12.8 Å². The molecule has 0 spiro atoms. The van der Waals surface area contributed by atoms with Crippen LogP contribution in [0.2, 0.25) is 0 Å². The van der Waals surface area contributed by atoms with Gasteiger partial charge in [-0.05, 0) is 18.8 Å². The van der Waals surface area contributed by atoms with Crippen LogP contribution in [0.25, 0.3) is 0 Å². The third-order valence-corrected chi connectivity index (χ3v) is 2.69. The van der Waals surface area contributed by atoms with Crippen molar-refractivity contribution in [3.63, 3.8) is 0 Å². The monoisotopic (exact) mass is 168 g/mol. The van der Waals surface area contributed by atoms with Crippen molar-refractivity contribution >= 4 is 6.41 Å². The summed E-state index contributed by atoms with van der Waals surface area (Å²) < 4.78 is 0. The molecule has 1 heterocycles. The maximum atomic E-state index is 10.6. The second-order valence-corrected chi connectivity index (χ2v) is 3.95. The predicted molar refractivity (Wildman–Crippen MR) is 49.5 cm³/mol. The lowest BCUT2D eigenvalue weighted by Crippen LogP contribution is -2.37. The molecular weight excluding hydrogens is 150 g/mol. The maximum absolute atomic E-state index is 10.6. The topological polar surface area (TPSA) is 20.3 Å². The molecule has 1 radical (unpaired) electrons. The van der Waals surface area contributed by atoms with Gasteiger partial charge in [-0.1, -0.05) is 26.7 Å². The molecule has 12 heavy (non-hydrogen) atoms. The van der Waals surface area contributed by atoms with Crippen LogP contribution in [0.5, 0.6) is 0 Å². The number of amides is 1. The summed E-state index contributed by atoms with van der Waals surface area (Å²) in [5, 5.41) is 0. The van der Waals surface area contributed by atoms with Gasteiger partial charge >= 0.3 is 6.41 Å². The van der Waals surface area contributed by atoms with Gasteiger partial charge in [0.15, 0.2) is 0 Å². The zero-order valence-electron chi connectivity index (χ0n) is 8.05. The Kier molecular flexibility index (Phi) is 3.57. The second-order valence-electron chi connectivity index (χ2n) is 3.95. The molecule has 0 N–H and O–H groups in total. The summed E-state index contributed by atoms with van der Waals surface area (Å²) in [6.45, 7) is 5.27. The van der Waals surface area contributed by atoms with Crippen molar-refractivity contribution in [3.05, 3.63) is 0 Å². The van der Waals surface area contributed by atoms with Gasteiger partial charge in [-0.25, -0.2) is 0 Å². The van der Waals surface area contributed by atoms with Crippen molar-refractivity contribution in [3.8, 4) is 0 Å². The smallest absolute Gasteiger partial charge is 0.312 e. The van der Waals surface area contributed by atoms with Crippen molar-refractivity contribution in [2.75, 3.05) is 6.54 Å². The van der Waals surface area contributed by atoms with E-state index in [1.54, 1.807) is 0 Å². The van der Waals surface area contributed by atoms with Crippen LogP contribution in [-0.4, -0.2) is 23.9 Å². The van der Waals surface area contributed by atoms with E-state index < -0.39 is 0 Å². The first-order valence-corrected chi connectivity index (χ1v) is 4.90. The van der Waals surface area contributed by atoms with Crippen LogP contribution in [0.15, 0.2) is 0 Å². The quantitative estimate of drug-likeness (QED) is 0.617. The van der Waals surface area contributed by atoms with Gasteiger partial charge in [-0.15, -0.1) is 0 Å². The van der Waals surface area contributed by atoms with E-state index in [-0.39, 0.29) is 0 Å². The highest BCUT2D eigenvalue weighted by molar-refractivity contribution is 5.48. The molecule has 1 unspecified atom stereocenters. The van der Waals surface area contributed by atoms with Crippen molar-refractivity contribution in [1.29, 1.82) is 0 Å². The highest BCUT2D eigenvalue weighted by atomic mass is 16.1. The number of hydrogen-bond donors (Lipinski definition) is 0. The molecule has 0 saturated carbocycles. The molecule has 1 atom stereocenters. The van der Waals surface area contributed by atoms with E-state index >= 15 is 0 Å². The molecule has 2 nitrogen and oxygen atoms in total. The second kappa shape index (κ2) is 4.48. The molecular formula is C10H18NO. The van der Waals surface area contributed by atoms with Crippen molar-refractivity contribution < 1.29 is 4.79 Å². The first-order valence-electron chi connectivity index (χ1n) is 4.90. The van der Waals surface area contributed by atoms with Crippen molar-refractivity contribution in [2.45, 2.75) is 45.6 Å². The summed E-state index contributed by atoms with van der Waals surface area (Å²) in [5.41, 5.74) is 0. The van der Waals surface area contributed by atoms with E-state index in [9.17, 15) is 4.79 Å². The van der Waals surface area contributed by atoms with Gasteiger partial charge < -0.3 is 4.90 Å². The fourth-order valence-electron chi connectivity index (χ4n) is 1.94. The Morgan fingerprint density at radius 2 is 2.08 bits per heavy atom. The Bertz CT molecular complexity index is 145. The van der Waals surface area contributed by atoms with E-state index in [2.05, 4.69) is 20.3 Å². The molecule has 1 aliphatic rings. The zero-order chi connectivity index (χ0) is 8.97. The van der Waals surface area contributed by atoms with E-state index in [0.717, 1.165) is 19.4 Å². The summed E-state index contributed by atoms with van der Waals surface area (Å²) in [6, 6.07) is 0.435. The lowest BCUT2D eigenvalue weighted by atomic mass is 9.99. The third-order valence-electron chi connectivity index (χ3n) is 2.69. The summed E-state index contributed by atoms with van der Waals surface area (Å²) in [6.07, 6.45) is 6.90. The Morgan fingerprint density at radius 3 is 2.67 bits per heavy atom. The van der Waals surface area contributed by atoms with Crippen LogP contribution in [-0.2, 0) is 4.79 Å². The molecule has 69 valence electrons. The predicted octanol–water partition coefficient (Wildman–Crippen LogP) is 1.95. The molecule has 0 aromatic carbocycles. The minimum atomic E-state index is 0.435. The highest BCUT2D eigenvalue weighted by Gasteiger charge is 2.22. The normalized spacial score (nSPS) is 25.6. The average molecular weight is 168 g/mol. The number of likely N-dealkylation sites (tertiary alicyclic amines) is 1. The Morgan fingerprint density at radius 1 is 1.33 bits per heavy atom. The number of rotatable bonds is 2. The lowest BCUT2D eigenvalue weighted by Gasteiger charge is -2.28. The summed E-state index contributed by atoms with van der Waals surface area (Å²) in [5.74, 6) is 0.574. The molecule has 1 aliphatic heterocycles. The van der Waals surface area contributed by atoms with Crippen LogP contribution >= 0.6 is 0 Å². The van der Waals surface area contributed by atoms with Crippen molar-refractivity contribution in [2.24, 2.45) is 5.92 Å². The Hall–Kier alpha value is -0.530. The van der Waals surface area contributed by atoms with Gasteiger partial charge in [-0.2, -0.15) is 0 Å². The molecule has 1 saturated heterocycles. The number of carbonyl (C=O) groups excluding carboxylic acids is 1. The van der Waals surface area contributed by atoms with Gasteiger partial charge in [-0.3, -0.25) is 4.79 Å². The molecule has 2 heteroatoms. The summed E-state index contributed by atoms with van der Waals surface area (Å²) in [7, 11) is 0. The molecule has 1 rings (SSSR count). The number of nitrogens with zero attached hydrogens (tertiary/aromatic N) is 1. The van der Waals surface area contributed by atoms with E-state index in [1.807, 2.05) is 4.90 Å². The molecule has 1 fully saturated rings. The van der Waals surface area contributed by atoms with E-state index in [4.69, 9.17) is 0 Å². The third kappa shape index (κ3) is 2.23. The van der Waals surface area contributed by atoms with Gasteiger partial charge in [0, 0.05) is 12.6 Å². The summed E-state index contributed by atoms with van der Waals surface area (Å²) >= 11 is 0. The van der Waals surface area contributed by atoms with Crippen LogP contribution in [0.3, 0.4) is 0 Å². The minimum Gasteiger partial charge on any atom is -0.331 e.